The van der Waals surface area contributed by atoms with Gasteiger partial charge in [-0.05, 0) is 54.7 Å². The van der Waals surface area contributed by atoms with Gasteiger partial charge in [0.15, 0.2) is 11.0 Å². The molecule has 2 aromatic carbocycles. The minimum absolute atomic E-state index is 0.0753. The van der Waals surface area contributed by atoms with E-state index in [1.165, 1.54) is 6.07 Å². The normalized spacial score (nSPS) is 14.4. The van der Waals surface area contributed by atoms with Gasteiger partial charge < -0.3 is 9.52 Å². The first-order valence-electron chi connectivity index (χ1n) is 7.19. The largest absolute Gasteiger partial charge is 0.508 e. The molecule has 0 radical (unpaired) electrons. The van der Waals surface area contributed by atoms with Crippen LogP contribution in [0.5, 0.6) is 5.75 Å². The Kier molecular flexibility index (Phi) is 2.98. The molecule has 0 unspecified atom stereocenters. The van der Waals surface area contributed by atoms with E-state index >= 15 is 0 Å². The SMILES string of the molecule is O=c1cc(-c2ccc(O)cc2)oc2c(Cl)ccc(C3CC3)c12. The van der Waals surface area contributed by atoms with Crippen molar-refractivity contribution < 1.29 is 9.52 Å². The molecule has 1 aromatic heterocycles. The van der Waals surface area contributed by atoms with Crippen molar-refractivity contribution in [1.29, 1.82) is 0 Å². The van der Waals surface area contributed by atoms with Crippen molar-refractivity contribution in [3.05, 3.63) is 63.3 Å². The maximum Gasteiger partial charge on any atom is 0.193 e. The minimum Gasteiger partial charge on any atom is -0.508 e. The van der Waals surface area contributed by atoms with Crippen LogP contribution in [0, 0.1) is 0 Å². The smallest absolute Gasteiger partial charge is 0.193 e. The van der Waals surface area contributed by atoms with E-state index in [0.29, 0.717) is 27.7 Å². The lowest BCUT2D eigenvalue weighted by atomic mass is 10.0. The van der Waals surface area contributed by atoms with Crippen LogP contribution in [0.25, 0.3) is 22.3 Å². The Morgan fingerprint density at radius 1 is 1.09 bits per heavy atom. The lowest BCUT2D eigenvalue weighted by molar-refractivity contribution is 0.475. The number of fused-ring (bicyclic) bond motifs is 1. The van der Waals surface area contributed by atoms with Gasteiger partial charge in [-0.3, -0.25) is 4.79 Å². The van der Waals surface area contributed by atoms with Crippen LogP contribution in [-0.4, -0.2) is 5.11 Å². The Morgan fingerprint density at radius 2 is 1.82 bits per heavy atom. The third-order valence-electron chi connectivity index (χ3n) is 4.03. The molecular formula is C18H13ClO3. The van der Waals surface area contributed by atoms with Crippen molar-refractivity contribution in [1.82, 2.24) is 0 Å². The molecule has 1 aliphatic carbocycles. The number of hydrogen-bond donors (Lipinski definition) is 1. The lowest BCUT2D eigenvalue weighted by Gasteiger charge is -2.08. The van der Waals surface area contributed by atoms with E-state index in [1.54, 1.807) is 30.3 Å². The van der Waals surface area contributed by atoms with E-state index in [-0.39, 0.29) is 11.2 Å². The van der Waals surface area contributed by atoms with Gasteiger partial charge in [-0.25, -0.2) is 0 Å². The number of aromatic hydroxyl groups is 1. The Labute approximate surface area is 131 Å². The summed E-state index contributed by atoms with van der Waals surface area (Å²) < 4.78 is 5.90. The predicted molar refractivity (Wildman–Crippen MR) is 86.6 cm³/mol. The van der Waals surface area contributed by atoms with Crippen LogP contribution >= 0.6 is 11.6 Å². The van der Waals surface area contributed by atoms with E-state index in [2.05, 4.69) is 0 Å². The number of phenols is 1. The zero-order valence-electron chi connectivity index (χ0n) is 11.7. The zero-order valence-corrected chi connectivity index (χ0v) is 12.4. The second-order valence-corrected chi connectivity index (χ2v) is 6.04. The molecule has 22 heavy (non-hydrogen) atoms. The third kappa shape index (κ3) is 2.18. The molecule has 1 heterocycles. The standard InChI is InChI=1S/C18H13ClO3/c19-14-8-7-13(10-1-2-10)17-15(21)9-16(22-18(14)17)11-3-5-12(20)6-4-11/h3-10,20H,1-2H2. The highest BCUT2D eigenvalue weighted by Gasteiger charge is 2.27. The van der Waals surface area contributed by atoms with Crippen LogP contribution < -0.4 is 5.43 Å². The summed E-state index contributed by atoms with van der Waals surface area (Å²) in [6.07, 6.45) is 2.21. The van der Waals surface area contributed by atoms with Gasteiger partial charge >= 0.3 is 0 Å². The summed E-state index contributed by atoms with van der Waals surface area (Å²) in [5, 5.41) is 10.4. The molecular weight excluding hydrogens is 300 g/mol. The average Bonchev–Trinajstić information content (AvgIpc) is 3.33. The summed E-state index contributed by atoms with van der Waals surface area (Å²) >= 11 is 6.24. The molecule has 4 rings (SSSR count). The van der Waals surface area contributed by atoms with Crippen LogP contribution in [0.4, 0.5) is 0 Å². The number of phenolic OH excluding ortho intramolecular Hbond substituents is 1. The van der Waals surface area contributed by atoms with Gasteiger partial charge in [0.2, 0.25) is 0 Å². The van der Waals surface area contributed by atoms with Crippen molar-refractivity contribution in [3.8, 4) is 17.1 Å². The summed E-state index contributed by atoms with van der Waals surface area (Å²) in [7, 11) is 0. The lowest BCUT2D eigenvalue weighted by Crippen LogP contribution is -2.04. The predicted octanol–water partition coefficient (Wildman–Crippen LogP) is 4.70. The van der Waals surface area contributed by atoms with E-state index in [9.17, 15) is 9.90 Å². The molecule has 0 saturated heterocycles. The Bertz CT molecular complexity index is 921. The molecule has 0 spiro atoms. The molecule has 0 aliphatic heterocycles. The van der Waals surface area contributed by atoms with Gasteiger partial charge in [0.05, 0.1) is 10.4 Å². The molecule has 0 amide bonds. The van der Waals surface area contributed by atoms with Gasteiger partial charge in [-0.2, -0.15) is 0 Å². The molecule has 110 valence electrons. The van der Waals surface area contributed by atoms with Crippen molar-refractivity contribution in [3.63, 3.8) is 0 Å². The number of rotatable bonds is 2. The molecule has 1 fully saturated rings. The highest BCUT2D eigenvalue weighted by atomic mass is 35.5. The molecule has 1 N–H and O–H groups in total. The third-order valence-corrected chi connectivity index (χ3v) is 4.33. The molecule has 1 aliphatic rings. The van der Waals surface area contributed by atoms with Crippen molar-refractivity contribution in [2.45, 2.75) is 18.8 Å². The first-order chi connectivity index (χ1) is 10.6. The fourth-order valence-electron chi connectivity index (χ4n) is 2.76. The van der Waals surface area contributed by atoms with Gasteiger partial charge in [0.1, 0.15) is 11.5 Å². The maximum atomic E-state index is 12.6. The highest BCUT2D eigenvalue weighted by molar-refractivity contribution is 6.34. The molecule has 3 aromatic rings. The molecule has 0 atom stereocenters. The second-order valence-electron chi connectivity index (χ2n) is 5.64. The second kappa shape index (κ2) is 4.89. The Hall–Kier alpha value is -2.26. The molecule has 3 nitrogen and oxygen atoms in total. The molecule has 4 heteroatoms. The zero-order chi connectivity index (χ0) is 15.3. The maximum absolute atomic E-state index is 12.6. The van der Waals surface area contributed by atoms with Crippen molar-refractivity contribution >= 4 is 22.6 Å². The van der Waals surface area contributed by atoms with Crippen molar-refractivity contribution in [2.24, 2.45) is 0 Å². The topological polar surface area (TPSA) is 50.4 Å². The van der Waals surface area contributed by atoms with Crippen LogP contribution in [-0.2, 0) is 0 Å². The quantitative estimate of drug-likeness (QED) is 0.746. The van der Waals surface area contributed by atoms with Gasteiger partial charge in [0, 0.05) is 11.6 Å². The first-order valence-corrected chi connectivity index (χ1v) is 7.57. The van der Waals surface area contributed by atoms with Crippen molar-refractivity contribution in [2.75, 3.05) is 0 Å². The van der Waals surface area contributed by atoms with Crippen LogP contribution in [0.1, 0.15) is 24.3 Å². The minimum atomic E-state index is -0.0753. The van der Waals surface area contributed by atoms with Gasteiger partial charge in [-0.1, -0.05) is 17.7 Å². The fraction of sp³-hybridized carbons (Fsp3) is 0.167. The molecule has 0 bridgehead atoms. The number of hydrogen-bond acceptors (Lipinski definition) is 3. The van der Waals surface area contributed by atoms with Gasteiger partial charge in [0.25, 0.3) is 0 Å². The van der Waals surface area contributed by atoms with Crippen LogP contribution in [0.3, 0.4) is 0 Å². The average molecular weight is 313 g/mol. The van der Waals surface area contributed by atoms with E-state index in [4.69, 9.17) is 16.0 Å². The van der Waals surface area contributed by atoms with E-state index in [0.717, 1.165) is 24.0 Å². The summed E-state index contributed by atoms with van der Waals surface area (Å²) in [4.78, 5) is 12.6. The van der Waals surface area contributed by atoms with Crippen LogP contribution in [0.2, 0.25) is 5.02 Å². The number of halogens is 1. The van der Waals surface area contributed by atoms with E-state index < -0.39 is 0 Å². The summed E-state index contributed by atoms with van der Waals surface area (Å²) in [6.45, 7) is 0. The molecule has 1 saturated carbocycles. The van der Waals surface area contributed by atoms with Gasteiger partial charge in [-0.15, -0.1) is 0 Å². The monoisotopic (exact) mass is 312 g/mol. The fourth-order valence-corrected chi connectivity index (χ4v) is 2.96. The number of benzene rings is 2. The first kappa shape index (κ1) is 13.4. The van der Waals surface area contributed by atoms with E-state index in [1.807, 2.05) is 6.07 Å². The summed E-state index contributed by atoms with van der Waals surface area (Å²) in [6, 6.07) is 11.7. The highest BCUT2D eigenvalue weighted by Crippen LogP contribution is 2.43. The summed E-state index contributed by atoms with van der Waals surface area (Å²) in [5.41, 5.74) is 2.13. The Balaban J connectivity index is 1.98. The summed E-state index contributed by atoms with van der Waals surface area (Å²) in [5.74, 6) is 1.07. The Morgan fingerprint density at radius 3 is 2.50 bits per heavy atom. The van der Waals surface area contributed by atoms with Crippen LogP contribution in [0.15, 0.2) is 51.7 Å².